The normalized spacial score (nSPS) is 12.7. The van der Waals surface area contributed by atoms with E-state index in [1.54, 1.807) is 53.1 Å². The zero-order valence-electron chi connectivity index (χ0n) is 13.9. The first-order chi connectivity index (χ1) is 13.2. The first-order valence-electron chi connectivity index (χ1n) is 8.30. The van der Waals surface area contributed by atoms with Gasteiger partial charge in [0.25, 0.3) is 0 Å². The lowest BCUT2D eigenvalue weighted by atomic mass is 9.85. The van der Waals surface area contributed by atoms with Crippen LogP contribution in [-0.2, 0) is 0 Å². The summed E-state index contributed by atoms with van der Waals surface area (Å²) < 4.78 is 1.65. The Bertz CT molecular complexity index is 1270. The van der Waals surface area contributed by atoms with Gasteiger partial charge in [-0.25, -0.2) is 9.97 Å². The molecule has 1 aliphatic rings. The van der Waals surface area contributed by atoms with E-state index in [4.69, 9.17) is 0 Å². The molecule has 0 saturated carbocycles. The highest BCUT2D eigenvalue weighted by molar-refractivity contribution is 6.31. The fraction of sp³-hybridized carbons (Fsp3) is 0. The van der Waals surface area contributed by atoms with E-state index in [0.29, 0.717) is 11.1 Å². The smallest absolute Gasteiger partial charge is 0.213 e. The summed E-state index contributed by atoms with van der Waals surface area (Å²) in [4.78, 5) is 47.3. The average molecular weight is 353 g/mol. The van der Waals surface area contributed by atoms with E-state index in [9.17, 15) is 14.4 Å². The molecule has 0 fully saturated rings. The maximum atomic E-state index is 13.3. The summed E-state index contributed by atoms with van der Waals surface area (Å²) in [7, 11) is 0. The quantitative estimate of drug-likeness (QED) is 0.456. The monoisotopic (exact) mass is 353 g/mol. The van der Waals surface area contributed by atoms with Crippen LogP contribution >= 0.6 is 0 Å². The molecule has 0 bridgehead atoms. The summed E-state index contributed by atoms with van der Waals surface area (Å²) in [6, 6.07) is 13.9. The molecule has 128 valence electrons. The third-order valence-electron chi connectivity index (χ3n) is 4.71. The molecular weight excluding hydrogens is 342 g/mol. The lowest BCUT2D eigenvalue weighted by Gasteiger charge is -2.20. The van der Waals surface area contributed by atoms with Crippen molar-refractivity contribution in [2.45, 2.75) is 0 Å². The Balaban J connectivity index is 1.87. The van der Waals surface area contributed by atoms with E-state index in [1.165, 1.54) is 12.5 Å². The molecule has 0 unspecified atom stereocenters. The van der Waals surface area contributed by atoms with E-state index < -0.39 is 5.78 Å². The molecule has 0 aliphatic heterocycles. The molecule has 27 heavy (non-hydrogen) atoms. The Morgan fingerprint density at radius 2 is 1.74 bits per heavy atom. The highest BCUT2D eigenvalue weighted by Crippen LogP contribution is 2.31. The summed E-state index contributed by atoms with van der Waals surface area (Å²) in [5.41, 5.74) is 1.74. The summed E-state index contributed by atoms with van der Waals surface area (Å²) in [5, 5.41) is 0. The van der Waals surface area contributed by atoms with Gasteiger partial charge < -0.3 is 4.40 Å². The number of pyridine rings is 1. The van der Waals surface area contributed by atoms with Crippen LogP contribution in [0.2, 0.25) is 0 Å². The maximum absolute atomic E-state index is 13.3. The zero-order chi connectivity index (χ0) is 18.5. The third-order valence-corrected chi connectivity index (χ3v) is 4.71. The van der Waals surface area contributed by atoms with Crippen molar-refractivity contribution in [3.05, 3.63) is 101 Å². The van der Waals surface area contributed by atoms with E-state index in [1.807, 2.05) is 6.07 Å². The molecule has 0 radical (unpaired) electrons. The predicted octanol–water partition coefficient (Wildman–Crippen LogP) is 2.74. The number of benzene rings is 1. The van der Waals surface area contributed by atoms with Gasteiger partial charge in [0.1, 0.15) is 17.7 Å². The van der Waals surface area contributed by atoms with Gasteiger partial charge in [0.15, 0.2) is 5.78 Å². The Hall–Kier alpha value is -3.93. The van der Waals surface area contributed by atoms with Gasteiger partial charge in [-0.15, -0.1) is 0 Å². The Labute approximate surface area is 153 Å². The van der Waals surface area contributed by atoms with Crippen molar-refractivity contribution in [3.8, 4) is 0 Å². The average Bonchev–Trinajstić information content (AvgIpc) is 3.19. The second-order valence-electron chi connectivity index (χ2n) is 6.22. The van der Waals surface area contributed by atoms with Crippen LogP contribution in [0.4, 0.5) is 0 Å². The SMILES string of the molecule is O=C1c2cc3cccn3c(C(=O)c3ccccc3)c2C(=O)c2cncnc21. The number of aromatic nitrogens is 3. The number of carbonyl (C=O) groups excluding carboxylic acids is 3. The van der Waals surface area contributed by atoms with Gasteiger partial charge in [-0.2, -0.15) is 0 Å². The molecular formula is C21H11N3O3. The fourth-order valence-corrected chi connectivity index (χ4v) is 3.48. The van der Waals surface area contributed by atoms with Gasteiger partial charge >= 0.3 is 0 Å². The summed E-state index contributed by atoms with van der Waals surface area (Å²) in [6.45, 7) is 0. The van der Waals surface area contributed by atoms with Crippen LogP contribution in [0.5, 0.6) is 0 Å². The van der Waals surface area contributed by atoms with Gasteiger partial charge in [-0.3, -0.25) is 14.4 Å². The van der Waals surface area contributed by atoms with Crippen molar-refractivity contribution in [1.82, 2.24) is 14.4 Å². The molecule has 0 atom stereocenters. The highest BCUT2D eigenvalue weighted by atomic mass is 16.1. The number of fused-ring (bicyclic) bond motifs is 3. The number of ketones is 3. The topological polar surface area (TPSA) is 81.4 Å². The molecule has 0 N–H and O–H groups in total. The van der Waals surface area contributed by atoms with Crippen molar-refractivity contribution in [3.63, 3.8) is 0 Å². The minimum Gasteiger partial charge on any atom is -0.313 e. The van der Waals surface area contributed by atoms with Crippen LogP contribution < -0.4 is 0 Å². The van der Waals surface area contributed by atoms with Gasteiger partial charge in [0.05, 0.1) is 11.1 Å². The number of rotatable bonds is 2. The standard InChI is InChI=1S/C21H11N3O3/c25-19(12-5-2-1-3-6-12)18-16-14(9-13-7-4-8-24(13)18)21(27)17-15(20(16)26)10-22-11-23-17/h1-11H. The Kier molecular flexibility index (Phi) is 3.14. The second kappa shape index (κ2) is 5.54. The molecule has 3 aromatic heterocycles. The van der Waals surface area contributed by atoms with Gasteiger partial charge in [0, 0.05) is 29.0 Å². The van der Waals surface area contributed by atoms with Gasteiger partial charge in [0.2, 0.25) is 11.6 Å². The molecule has 6 heteroatoms. The molecule has 3 heterocycles. The molecule has 0 saturated heterocycles. The lowest BCUT2D eigenvalue weighted by Crippen LogP contribution is -2.27. The first kappa shape index (κ1) is 15.3. The van der Waals surface area contributed by atoms with Crippen molar-refractivity contribution in [2.75, 3.05) is 0 Å². The molecule has 4 aromatic rings. The molecule has 0 spiro atoms. The summed E-state index contributed by atoms with van der Waals surface area (Å²) in [5.74, 6) is -1.13. The Morgan fingerprint density at radius 3 is 2.56 bits per heavy atom. The van der Waals surface area contributed by atoms with E-state index in [0.717, 1.165) is 0 Å². The van der Waals surface area contributed by atoms with Crippen LogP contribution in [0, 0.1) is 0 Å². The fourth-order valence-electron chi connectivity index (χ4n) is 3.48. The van der Waals surface area contributed by atoms with E-state index >= 15 is 0 Å². The maximum Gasteiger partial charge on any atom is 0.213 e. The van der Waals surface area contributed by atoms with Gasteiger partial charge in [-0.1, -0.05) is 30.3 Å². The van der Waals surface area contributed by atoms with Crippen LogP contribution in [0.25, 0.3) is 5.52 Å². The lowest BCUT2D eigenvalue weighted by molar-refractivity contribution is 0.0965. The number of hydrogen-bond donors (Lipinski definition) is 0. The number of nitrogens with zero attached hydrogens (tertiary/aromatic N) is 3. The number of hydrogen-bond acceptors (Lipinski definition) is 5. The van der Waals surface area contributed by atoms with Gasteiger partial charge in [-0.05, 0) is 18.2 Å². The highest BCUT2D eigenvalue weighted by Gasteiger charge is 2.36. The summed E-state index contributed by atoms with van der Waals surface area (Å²) in [6.07, 6.45) is 4.27. The largest absolute Gasteiger partial charge is 0.313 e. The van der Waals surface area contributed by atoms with Crippen molar-refractivity contribution >= 4 is 22.9 Å². The predicted molar refractivity (Wildman–Crippen MR) is 96.2 cm³/mol. The number of carbonyl (C=O) groups is 3. The van der Waals surface area contributed by atoms with Crippen molar-refractivity contribution in [2.24, 2.45) is 0 Å². The van der Waals surface area contributed by atoms with E-state index in [2.05, 4.69) is 9.97 Å². The summed E-state index contributed by atoms with van der Waals surface area (Å²) >= 11 is 0. The molecule has 6 nitrogen and oxygen atoms in total. The first-order valence-corrected chi connectivity index (χ1v) is 8.30. The van der Waals surface area contributed by atoms with Crippen LogP contribution in [-0.4, -0.2) is 31.7 Å². The minimum atomic E-state index is -0.421. The van der Waals surface area contributed by atoms with Crippen LogP contribution in [0.15, 0.2) is 67.3 Å². The van der Waals surface area contributed by atoms with Crippen molar-refractivity contribution in [1.29, 1.82) is 0 Å². The zero-order valence-corrected chi connectivity index (χ0v) is 13.9. The molecule has 1 aromatic carbocycles. The second-order valence-corrected chi connectivity index (χ2v) is 6.22. The minimum absolute atomic E-state index is 0.0662. The van der Waals surface area contributed by atoms with Crippen LogP contribution in [0.3, 0.4) is 0 Å². The van der Waals surface area contributed by atoms with E-state index in [-0.39, 0.29) is 39.6 Å². The molecule has 1 aliphatic carbocycles. The van der Waals surface area contributed by atoms with Crippen LogP contribution in [0.1, 0.15) is 48.0 Å². The molecule has 5 rings (SSSR count). The van der Waals surface area contributed by atoms with Crippen molar-refractivity contribution < 1.29 is 14.4 Å². The molecule has 0 amide bonds. The third kappa shape index (κ3) is 2.10. The Morgan fingerprint density at radius 1 is 0.926 bits per heavy atom.